The Morgan fingerprint density at radius 2 is 1.86 bits per heavy atom. The summed E-state index contributed by atoms with van der Waals surface area (Å²) < 4.78 is 77.8. The number of piperazine rings is 1. The van der Waals surface area contributed by atoms with Crippen molar-refractivity contribution in [2.45, 2.75) is 37.1 Å². The quantitative estimate of drug-likeness (QED) is 0.244. The van der Waals surface area contributed by atoms with Crippen molar-refractivity contribution in [2.24, 2.45) is 5.92 Å². The molecular weight excluding hydrogens is 577 g/mol. The summed E-state index contributed by atoms with van der Waals surface area (Å²) in [5.74, 6) is -2.59. The molecule has 8 nitrogen and oxygen atoms in total. The number of alkyl halides is 3. The third-order valence-electron chi connectivity index (χ3n) is 8.55. The predicted octanol–water partition coefficient (Wildman–Crippen LogP) is 4.99. The average Bonchev–Trinajstić information content (AvgIpc) is 3.27. The fourth-order valence-corrected chi connectivity index (χ4v) is 6.63. The molecule has 0 spiro atoms. The minimum Gasteiger partial charge on any atom is -0.462 e. The Kier molecular flexibility index (Phi) is 6.55. The maximum atomic E-state index is 16.4. The number of likely N-dealkylation sites (tertiary alicyclic amines) is 1. The number of ether oxygens (including phenoxy) is 1. The van der Waals surface area contributed by atoms with Gasteiger partial charge < -0.3 is 19.9 Å². The normalized spacial score (nSPS) is 24.4. The Hall–Kier alpha value is -3.49. The van der Waals surface area contributed by atoms with Crippen LogP contribution in [-0.2, 0) is 0 Å². The van der Waals surface area contributed by atoms with Crippen LogP contribution in [0.3, 0.4) is 0 Å². The van der Waals surface area contributed by atoms with E-state index >= 15 is 4.39 Å². The summed E-state index contributed by atoms with van der Waals surface area (Å²) >= 11 is 5.31. The zero-order valence-electron chi connectivity index (χ0n) is 22.4. The third kappa shape index (κ3) is 4.65. The van der Waals surface area contributed by atoms with Crippen molar-refractivity contribution in [3.05, 3.63) is 46.7 Å². The first kappa shape index (κ1) is 27.3. The molecule has 3 fully saturated rings. The monoisotopic (exact) mass is 603 g/mol. The summed E-state index contributed by atoms with van der Waals surface area (Å²) in [5.41, 5.74) is -0.272. The van der Waals surface area contributed by atoms with Gasteiger partial charge in [-0.05, 0) is 37.4 Å². The molecule has 2 bridgehead atoms. The second-order valence-electron chi connectivity index (χ2n) is 11.2. The Morgan fingerprint density at radius 1 is 1.10 bits per heavy atom. The molecule has 1 aromatic carbocycles. The van der Waals surface area contributed by atoms with Crippen molar-refractivity contribution in [3.63, 3.8) is 0 Å². The van der Waals surface area contributed by atoms with Crippen molar-refractivity contribution >= 4 is 39.7 Å². The van der Waals surface area contributed by atoms with Crippen LogP contribution in [0.25, 0.3) is 33.1 Å². The van der Waals surface area contributed by atoms with Gasteiger partial charge in [0, 0.05) is 43.3 Å². The van der Waals surface area contributed by atoms with Crippen molar-refractivity contribution in [1.29, 1.82) is 0 Å². The zero-order chi connectivity index (χ0) is 29.3. The number of aromatic nitrogens is 4. The van der Waals surface area contributed by atoms with E-state index in [1.165, 1.54) is 18.3 Å². The molecule has 42 heavy (non-hydrogen) atoms. The largest absolute Gasteiger partial charge is 0.462 e. The van der Waals surface area contributed by atoms with Gasteiger partial charge in [0.2, 0.25) is 0 Å². The van der Waals surface area contributed by atoms with Crippen molar-refractivity contribution in [1.82, 2.24) is 30.2 Å². The molecule has 220 valence electrons. The van der Waals surface area contributed by atoms with Gasteiger partial charge in [0.1, 0.15) is 34.1 Å². The lowest BCUT2D eigenvalue weighted by Gasteiger charge is -2.46. The molecule has 6 heterocycles. The topological polar surface area (TPSA) is 82.2 Å². The lowest BCUT2D eigenvalue weighted by atomic mass is 9.89. The highest BCUT2D eigenvalue weighted by molar-refractivity contribution is 7.71. The van der Waals surface area contributed by atoms with Gasteiger partial charge in [0.15, 0.2) is 5.82 Å². The van der Waals surface area contributed by atoms with Crippen LogP contribution in [0.15, 0.2) is 30.5 Å². The fourth-order valence-electron chi connectivity index (χ4n) is 6.40. The van der Waals surface area contributed by atoms with Crippen LogP contribution in [0.4, 0.5) is 27.8 Å². The molecule has 0 saturated carbocycles. The number of H-pyrrole nitrogens is 1. The Balaban J connectivity index is 1.34. The molecule has 14 heteroatoms. The number of nitrogens with zero attached hydrogens (tertiary/aromatic N) is 5. The molecule has 4 atom stereocenters. The number of anilines is 1. The number of halogens is 5. The first-order valence-corrected chi connectivity index (χ1v) is 14.1. The molecule has 4 aromatic rings. The highest BCUT2D eigenvalue weighted by Gasteiger charge is 2.53. The van der Waals surface area contributed by atoms with E-state index in [1.54, 1.807) is 24.1 Å². The van der Waals surface area contributed by atoms with Gasteiger partial charge in [-0.2, -0.15) is 23.1 Å². The second kappa shape index (κ2) is 10.1. The molecule has 2 N–H and O–H groups in total. The number of pyridine rings is 2. The Morgan fingerprint density at radius 3 is 2.57 bits per heavy atom. The van der Waals surface area contributed by atoms with Gasteiger partial charge in [0.25, 0.3) is 0 Å². The second-order valence-corrected chi connectivity index (χ2v) is 11.7. The van der Waals surface area contributed by atoms with E-state index in [9.17, 15) is 17.6 Å². The predicted molar refractivity (Wildman–Crippen MR) is 149 cm³/mol. The smallest absolute Gasteiger partial charge is 0.394 e. The number of aromatic amines is 1. The van der Waals surface area contributed by atoms with E-state index in [2.05, 4.69) is 25.3 Å². The van der Waals surface area contributed by atoms with Crippen LogP contribution < -0.4 is 15.0 Å². The number of hydrogen-bond donors (Lipinski definition) is 2. The van der Waals surface area contributed by atoms with Crippen molar-refractivity contribution in [3.8, 4) is 17.4 Å². The highest BCUT2D eigenvalue weighted by Crippen LogP contribution is 2.39. The van der Waals surface area contributed by atoms with Crippen molar-refractivity contribution in [2.75, 3.05) is 38.2 Å². The first-order chi connectivity index (χ1) is 20.1. The summed E-state index contributed by atoms with van der Waals surface area (Å²) in [4.78, 5) is 19.7. The molecule has 7 rings (SSSR count). The van der Waals surface area contributed by atoms with Crippen LogP contribution in [0.5, 0.6) is 6.01 Å². The van der Waals surface area contributed by atoms with Crippen molar-refractivity contribution < 1.29 is 26.7 Å². The zero-order valence-corrected chi connectivity index (χ0v) is 23.2. The molecule has 3 aliphatic rings. The number of hydrogen-bond acceptors (Lipinski definition) is 8. The third-order valence-corrected chi connectivity index (χ3v) is 8.77. The first-order valence-electron chi connectivity index (χ1n) is 13.7. The SMILES string of the molecule is CN1C[C@@H](C(F)(F)F)[C@H]1COc1nc(N2CC3CCC(C2)N3)c2cnc(-c3[nH]c(=S)cc4cccc(F)c34)c(F)c2n1. The van der Waals surface area contributed by atoms with E-state index in [-0.39, 0.29) is 58.2 Å². The fraction of sp³-hybridized carbons (Fsp3) is 0.429. The van der Waals surface area contributed by atoms with E-state index in [0.29, 0.717) is 29.7 Å². The van der Waals surface area contributed by atoms with E-state index in [1.807, 2.05) is 4.90 Å². The number of fused-ring (bicyclic) bond motifs is 4. The van der Waals surface area contributed by atoms with E-state index in [0.717, 1.165) is 12.8 Å². The number of rotatable bonds is 5. The summed E-state index contributed by atoms with van der Waals surface area (Å²) in [5, 5.41) is 4.44. The van der Waals surface area contributed by atoms with Crippen LogP contribution in [0, 0.1) is 22.2 Å². The molecule has 3 aromatic heterocycles. The van der Waals surface area contributed by atoms with Gasteiger partial charge in [-0.1, -0.05) is 24.4 Å². The summed E-state index contributed by atoms with van der Waals surface area (Å²) in [6.07, 6.45) is -0.949. The highest BCUT2D eigenvalue weighted by atomic mass is 32.1. The summed E-state index contributed by atoms with van der Waals surface area (Å²) in [7, 11) is 1.59. The lowest BCUT2D eigenvalue weighted by molar-refractivity contribution is -0.230. The number of nitrogens with one attached hydrogen (secondary N) is 2. The standard InChI is InChI=1S/C28H26F5N7OS/c1-39-11-17(28(31,32)33)19(39)12-41-27-37-23-16(26(38-27)40-9-14-5-6-15(10-40)35-14)8-34-25(22(23)30)24-21-13(7-20(42)36-24)3-2-4-18(21)29/h2-4,7-8,14-15,17,19,35H,5-6,9-12H2,1H3,(H,36,42)/t14?,15?,17-,19-/m1/s1. The molecule has 3 aliphatic heterocycles. The lowest BCUT2D eigenvalue weighted by Crippen LogP contribution is -2.61. The summed E-state index contributed by atoms with van der Waals surface area (Å²) in [6.45, 7) is 0.764. The average molecular weight is 604 g/mol. The van der Waals surface area contributed by atoms with E-state index in [4.69, 9.17) is 17.0 Å². The van der Waals surface area contributed by atoms with Gasteiger partial charge in [0.05, 0.1) is 23.0 Å². The maximum Gasteiger partial charge on any atom is 0.394 e. The van der Waals surface area contributed by atoms with Gasteiger partial charge in [-0.3, -0.25) is 9.88 Å². The van der Waals surface area contributed by atoms with Crippen LogP contribution in [0.1, 0.15) is 12.8 Å². The van der Waals surface area contributed by atoms with Crippen LogP contribution in [-0.4, -0.2) is 82.4 Å². The molecule has 0 aliphatic carbocycles. The van der Waals surface area contributed by atoms with E-state index < -0.39 is 29.8 Å². The Labute approximate surface area is 241 Å². The molecule has 0 amide bonds. The van der Waals surface area contributed by atoms with Gasteiger partial charge >= 0.3 is 12.2 Å². The maximum absolute atomic E-state index is 16.4. The minimum atomic E-state index is -4.36. The number of likely N-dealkylation sites (N-methyl/N-ethyl adjacent to an activating group) is 1. The van der Waals surface area contributed by atoms with Gasteiger partial charge in [-0.15, -0.1) is 0 Å². The molecular formula is C28H26F5N7OS. The van der Waals surface area contributed by atoms with Gasteiger partial charge in [-0.25, -0.2) is 8.78 Å². The molecule has 0 radical (unpaired) electrons. The Bertz CT molecular complexity index is 1750. The summed E-state index contributed by atoms with van der Waals surface area (Å²) in [6, 6.07) is 5.34. The number of benzene rings is 1. The molecule has 3 saturated heterocycles. The minimum absolute atomic E-state index is 0.0574. The van der Waals surface area contributed by atoms with Crippen LogP contribution in [0.2, 0.25) is 0 Å². The molecule has 2 unspecified atom stereocenters. The van der Waals surface area contributed by atoms with Crippen LogP contribution >= 0.6 is 12.2 Å².